The highest BCUT2D eigenvalue weighted by molar-refractivity contribution is 7.88. The molecule has 256 valence electrons. The minimum Gasteiger partial charge on any atom is -0.363 e. The summed E-state index contributed by atoms with van der Waals surface area (Å²) in [5.41, 5.74) is 4.63. The third kappa shape index (κ3) is 9.17. The van der Waals surface area contributed by atoms with Crippen LogP contribution in [-0.4, -0.2) is 97.7 Å². The van der Waals surface area contributed by atoms with Crippen molar-refractivity contribution in [3.63, 3.8) is 0 Å². The summed E-state index contributed by atoms with van der Waals surface area (Å²) in [6, 6.07) is -3.98. The van der Waals surface area contributed by atoms with E-state index in [4.69, 9.17) is 5.73 Å². The fourth-order valence-electron chi connectivity index (χ4n) is 6.84. The van der Waals surface area contributed by atoms with Crippen molar-refractivity contribution in [2.45, 2.75) is 117 Å². The van der Waals surface area contributed by atoms with E-state index in [1.807, 2.05) is 34.6 Å². The van der Waals surface area contributed by atoms with Crippen molar-refractivity contribution in [3.8, 4) is 0 Å². The monoisotopic (exact) mass is 654 g/mol. The molecule has 0 unspecified atom stereocenters. The molecule has 3 aliphatic rings. The van der Waals surface area contributed by atoms with Crippen molar-refractivity contribution in [2.24, 2.45) is 28.4 Å². The summed E-state index contributed by atoms with van der Waals surface area (Å²) >= 11 is 0. The number of sulfonamides is 1. The molecule has 14 heteroatoms. The van der Waals surface area contributed by atoms with E-state index in [1.165, 1.54) is 16.3 Å². The van der Waals surface area contributed by atoms with Crippen LogP contribution in [0.1, 0.15) is 92.4 Å². The summed E-state index contributed by atoms with van der Waals surface area (Å²) in [6.45, 7) is 10.2. The standard InChI is InChI=1S/C31H54N6O7S/c1-30(2,3)22(18-36(6)45(7,43)44)35-29(42)34-21-16-14-12-10-8-9-11-13-15-20(25(38)26(32)39)33-27(40)24-23-19(31(23,4)5)17-37(24)28(21)41/h19-24H,8-18H2,1-7H3,(H2,32,39)(H,33,40)(H2,34,35,42)/t19-,20+,21+,22-,23-,24+/m1/s1. The SMILES string of the molecule is CN(C[C@@H](NC(=O)N[C@H]1CCCCCCCCC[C@@H](C(=O)C(N)=O)NC(=O)[C@@H]2[C@H]3[C@@H](CN2C1=O)C3(C)C)C(C)(C)C)S(C)(=O)=O. The zero-order valence-corrected chi connectivity index (χ0v) is 28.8. The van der Waals surface area contributed by atoms with Crippen LogP contribution in [0.5, 0.6) is 0 Å². The van der Waals surface area contributed by atoms with Gasteiger partial charge in [-0.15, -0.1) is 0 Å². The molecule has 2 saturated heterocycles. The minimum absolute atomic E-state index is 0.0480. The Morgan fingerprint density at radius 1 is 1.04 bits per heavy atom. The molecule has 13 nitrogen and oxygen atoms in total. The maximum absolute atomic E-state index is 14.2. The first kappa shape index (κ1) is 36.7. The molecular formula is C31H54N6O7S. The lowest BCUT2D eigenvalue weighted by Crippen LogP contribution is -2.60. The molecule has 3 fully saturated rings. The van der Waals surface area contributed by atoms with E-state index in [1.54, 1.807) is 0 Å². The first-order valence-electron chi connectivity index (χ1n) is 16.2. The molecule has 0 aromatic carbocycles. The van der Waals surface area contributed by atoms with Gasteiger partial charge in [0.2, 0.25) is 27.6 Å². The zero-order valence-electron chi connectivity index (χ0n) is 28.0. The van der Waals surface area contributed by atoms with Gasteiger partial charge in [-0.25, -0.2) is 17.5 Å². The molecule has 3 rings (SSSR count). The molecule has 6 atom stereocenters. The molecule has 2 heterocycles. The molecule has 1 saturated carbocycles. The first-order chi connectivity index (χ1) is 20.8. The number of piperidine rings is 1. The molecule has 0 aromatic rings. The number of hydrogen-bond acceptors (Lipinski definition) is 7. The number of urea groups is 1. The van der Waals surface area contributed by atoms with Crippen LogP contribution in [-0.2, 0) is 29.2 Å². The molecular weight excluding hydrogens is 600 g/mol. The Labute approximate surface area is 268 Å². The number of nitrogens with zero attached hydrogens (tertiary/aromatic N) is 2. The Hall–Kier alpha value is -2.74. The van der Waals surface area contributed by atoms with Crippen LogP contribution in [0, 0.1) is 22.7 Å². The number of primary amides is 1. The molecule has 0 spiro atoms. The van der Waals surface area contributed by atoms with Crippen LogP contribution in [0.25, 0.3) is 0 Å². The topological polar surface area (TPSA) is 188 Å². The smallest absolute Gasteiger partial charge is 0.315 e. The molecule has 0 radical (unpaired) electrons. The number of amides is 5. The van der Waals surface area contributed by atoms with Gasteiger partial charge in [-0.05, 0) is 35.5 Å². The van der Waals surface area contributed by atoms with Gasteiger partial charge in [-0.1, -0.05) is 79.6 Å². The lowest BCUT2D eigenvalue weighted by atomic mass is 9.86. The van der Waals surface area contributed by atoms with E-state index in [-0.39, 0.29) is 29.7 Å². The number of ketones is 1. The molecule has 0 bridgehead atoms. The van der Waals surface area contributed by atoms with E-state index in [2.05, 4.69) is 16.0 Å². The van der Waals surface area contributed by atoms with Crippen LogP contribution < -0.4 is 21.7 Å². The van der Waals surface area contributed by atoms with Gasteiger partial charge >= 0.3 is 6.03 Å². The second-order valence-electron chi connectivity index (χ2n) is 14.9. The molecule has 2 aliphatic heterocycles. The number of carbonyl (C=O) groups is 5. The Bertz CT molecular complexity index is 1250. The fraction of sp³-hybridized carbons (Fsp3) is 0.839. The number of rotatable bonds is 7. The van der Waals surface area contributed by atoms with Gasteiger partial charge in [0.25, 0.3) is 5.91 Å². The van der Waals surface area contributed by atoms with Crippen LogP contribution in [0.4, 0.5) is 4.79 Å². The number of nitrogens with two attached hydrogens (primary N) is 1. The maximum atomic E-state index is 14.2. The average molecular weight is 655 g/mol. The highest BCUT2D eigenvalue weighted by Gasteiger charge is 2.69. The Morgan fingerprint density at radius 2 is 1.60 bits per heavy atom. The van der Waals surface area contributed by atoms with Gasteiger partial charge in [0, 0.05) is 26.2 Å². The second-order valence-corrected chi connectivity index (χ2v) is 17.0. The number of carbonyl (C=O) groups excluding carboxylic acids is 5. The van der Waals surface area contributed by atoms with Crippen molar-refractivity contribution in [3.05, 3.63) is 0 Å². The minimum atomic E-state index is -3.49. The lowest BCUT2D eigenvalue weighted by molar-refractivity contribution is -0.143. The van der Waals surface area contributed by atoms with Crippen molar-refractivity contribution in [1.82, 2.24) is 25.2 Å². The number of likely N-dealkylation sites (N-methyl/N-ethyl adjacent to an activating group) is 1. The second kappa shape index (κ2) is 14.4. The van der Waals surface area contributed by atoms with Crippen LogP contribution in [0.15, 0.2) is 0 Å². The number of Topliss-reactive ketones (excluding diaryl/α,β-unsaturated/α-hetero) is 1. The van der Waals surface area contributed by atoms with Crippen LogP contribution >= 0.6 is 0 Å². The van der Waals surface area contributed by atoms with Gasteiger partial charge in [-0.2, -0.15) is 0 Å². The highest BCUT2D eigenvalue weighted by Crippen LogP contribution is 2.65. The molecule has 5 amide bonds. The Kier molecular flexibility index (Phi) is 11.7. The van der Waals surface area contributed by atoms with Gasteiger partial charge < -0.3 is 26.6 Å². The van der Waals surface area contributed by atoms with E-state index in [0.29, 0.717) is 32.2 Å². The predicted molar refractivity (Wildman–Crippen MR) is 170 cm³/mol. The summed E-state index contributed by atoms with van der Waals surface area (Å²) in [4.78, 5) is 67.3. The quantitative estimate of drug-likeness (QED) is 0.299. The third-order valence-electron chi connectivity index (χ3n) is 10.1. The zero-order chi connectivity index (χ0) is 33.9. The summed E-state index contributed by atoms with van der Waals surface area (Å²) in [5.74, 6) is -2.87. The molecule has 1 aliphatic carbocycles. The Balaban J connectivity index is 1.86. The largest absolute Gasteiger partial charge is 0.363 e. The van der Waals surface area contributed by atoms with Crippen molar-refractivity contribution < 1.29 is 32.4 Å². The lowest BCUT2D eigenvalue weighted by Gasteiger charge is -2.36. The highest BCUT2D eigenvalue weighted by atomic mass is 32.2. The van der Waals surface area contributed by atoms with Crippen molar-refractivity contribution in [2.75, 3.05) is 26.4 Å². The average Bonchev–Trinajstić information content (AvgIpc) is 3.24. The molecule has 5 N–H and O–H groups in total. The van der Waals surface area contributed by atoms with Gasteiger partial charge in [0.1, 0.15) is 12.1 Å². The number of hydrogen-bond donors (Lipinski definition) is 4. The van der Waals surface area contributed by atoms with Crippen molar-refractivity contribution >= 4 is 39.6 Å². The van der Waals surface area contributed by atoms with Gasteiger partial charge in [0.15, 0.2) is 0 Å². The maximum Gasteiger partial charge on any atom is 0.315 e. The third-order valence-corrected chi connectivity index (χ3v) is 11.4. The Morgan fingerprint density at radius 3 is 2.13 bits per heavy atom. The van der Waals surface area contributed by atoms with Crippen molar-refractivity contribution in [1.29, 1.82) is 0 Å². The predicted octanol–water partition coefficient (Wildman–Crippen LogP) is 1.51. The normalized spacial score (nSPS) is 28.8. The summed E-state index contributed by atoms with van der Waals surface area (Å²) in [6.07, 6.45) is 7.67. The number of nitrogens with one attached hydrogen (secondary N) is 3. The number of fused-ring (bicyclic) bond motifs is 3. The van der Waals surface area contributed by atoms with Crippen LogP contribution in [0.3, 0.4) is 0 Å². The first-order valence-corrected chi connectivity index (χ1v) is 18.0. The summed E-state index contributed by atoms with van der Waals surface area (Å²) in [7, 11) is -2.04. The van der Waals surface area contributed by atoms with E-state index in [0.717, 1.165) is 38.4 Å². The van der Waals surface area contributed by atoms with E-state index >= 15 is 0 Å². The van der Waals surface area contributed by atoms with Gasteiger partial charge in [-0.3, -0.25) is 19.2 Å². The fourth-order valence-corrected chi connectivity index (χ4v) is 7.26. The summed E-state index contributed by atoms with van der Waals surface area (Å²) in [5, 5.41) is 8.50. The molecule has 0 aromatic heterocycles. The summed E-state index contributed by atoms with van der Waals surface area (Å²) < 4.78 is 25.3. The van der Waals surface area contributed by atoms with E-state index in [9.17, 15) is 32.4 Å². The molecule has 45 heavy (non-hydrogen) atoms. The van der Waals surface area contributed by atoms with E-state index < -0.39 is 63.2 Å². The van der Waals surface area contributed by atoms with Crippen LogP contribution in [0.2, 0.25) is 0 Å². The van der Waals surface area contributed by atoms with Gasteiger partial charge in [0.05, 0.1) is 12.3 Å².